The molecule has 0 amide bonds. The van der Waals surface area contributed by atoms with Crippen LogP contribution in [0, 0.1) is 26.3 Å². The van der Waals surface area contributed by atoms with Crippen LogP contribution in [0.25, 0.3) is 0 Å². The van der Waals surface area contributed by atoms with Crippen LogP contribution in [-0.2, 0) is 26.2 Å². The Labute approximate surface area is 116 Å². The summed E-state index contributed by atoms with van der Waals surface area (Å²) < 4.78 is 0. The summed E-state index contributed by atoms with van der Waals surface area (Å²) in [5.74, 6) is 0. The van der Waals surface area contributed by atoms with Gasteiger partial charge in [-0.25, -0.2) is 5.57 Å². The first-order valence-electron chi connectivity index (χ1n) is 3.75. The largest absolute Gasteiger partial charge is 3.00 e. The van der Waals surface area contributed by atoms with Gasteiger partial charge in [0, 0.05) is 0 Å². The fraction of sp³-hybridized carbons (Fsp3) is 0.500. The molecule has 0 saturated heterocycles. The van der Waals surface area contributed by atoms with Crippen molar-refractivity contribution in [2.45, 2.75) is 34.6 Å². The van der Waals surface area contributed by atoms with Gasteiger partial charge in [-0.3, -0.25) is 6.08 Å². The van der Waals surface area contributed by atoms with E-state index >= 15 is 0 Å². The Morgan fingerprint density at radius 3 is 1.43 bits per heavy atom. The molecule has 0 saturated carbocycles. The number of hydrogen-bond acceptors (Lipinski definition) is 0. The van der Waals surface area contributed by atoms with Gasteiger partial charge in [0.2, 0.25) is 0 Å². The minimum absolute atomic E-state index is 0. The van der Waals surface area contributed by atoms with E-state index in [0.29, 0.717) is 0 Å². The van der Waals surface area contributed by atoms with E-state index in [2.05, 4.69) is 40.7 Å². The van der Waals surface area contributed by atoms with E-state index in [-0.39, 0.29) is 58.9 Å². The van der Waals surface area contributed by atoms with Crippen molar-refractivity contribution in [2.24, 2.45) is 5.41 Å². The van der Waals surface area contributed by atoms with Gasteiger partial charge >= 0.3 is 26.2 Å². The van der Waals surface area contributed by atoms with E-state index < -0.39 is 0 Å². The smallest absolute Gasteiger partial charge is 0.358 e. The minimum Gasteiger partial charge on any atom is -0.358 e. The van der Waals surface area contributed by atoms with Crippen LogP contribution in [0.15, 0.2) is 16.7 Å². The molecule has 1 radical (unpaired) electrons. The third kappa shape index (κ3) is 4.45. The summed E-state index contributed by atoms with van der Waals surface area (Å²) >= 11 is 0. The quantitative estimate of drug-likeness (QED) is 0.579. The molecule has 0 aromatic rings. The summed E-state index contributed by atoms with van der Waals surface area (Å²) in [6, 6.07) is 0. The maximum Gasteiger partial charge on any atom is 3.00 e. The standard InChI is InChI=1S/C10H15.2CH3.ClH.Zr/c1-7-6-10(4,5)9(3)8(7)2;;;;/h1-5H3;2*1H3;1H;/q3*-1;;+3. The summed E-state index contributed by atoms with van der Waals surface area (Å²) in [6.45, 7) is 10.9. The van der Waals surface area contributed by atoms with Gasteiger partial charge in [-0.2, -0.15) is 11.1 Å². The molecule has 0 aromatic carbocycles. The molecule has 81 valence electrons. The van der Waals surface area contributed by atoms with Crippen LogP contribution in [0.1, 0.15) is 34.6 Å². The normalized spacial score (nSPS) is 16.8. The molecule has 0 heterocycles. The Morgan fingerprint density at radius 2 is 1.36 bits per heavy atom. The molecule has 0 bridgehead atoms. The van der Waals surface area contributed by atoms with Crippen molar-refractivity contribution >= 4 is 12.4 Å². The molecular weight excluding hydrogens is 271 g/mol. The van der Waals surface area contributed by atoms with E-state index in [1.54, 1.807) is 0 Å². The van der Waals surface area contributed by atoms with Crippen molar-refractivity contribution in [3.8, 4) is 0 Å². The van der Waals surface area contributed by atoms with Crippen molar-refractivity contribution in [3.63, 3.8) is 0 Å². The zero-order chi connectivity index (χ0) is 7.94. The van der Waals surface area contributed by atoms with Crippen LogP contribution in [0.2, 0.25) is 0 Å². The van der Waals surface area contributed by atoms with Crippen LogP contribution >= 0.6 is 12.4 Å². The molecular formula is C12H22ClZr. The van der Waals surface area contributed by atoms with Gasteiger partial charge in [0.1, 0.15) is 0 Å². The molecule has 14 heavy (non-hydrogen) atoms. The number of halogens is 1. The van der Waals surface area contributed by atoms with Crippen molar-refractivity contribution in [3.05, 3.63) is 37.6 Å². The Kier molecular flexibility index (Phi) is 13.6. The van der Waals surface area contributed by atoms with E-state index in [9.17, 15) is 0 Å². The predicted molar refractivity (Wildman–Crippen MR) is 64.7 cm³/mol. The third-order valence-electron chi connectivity index (χ3n) is 2.56. The second kappa shape index (κ2) is 7.88. The molecule has 1 aliphatic rings. The van der Waals surface area contributed by atoms with Crippen LogP contribution in [0.5, 0.6) is 0 Å². The molecule has 2 heteroatoms. The van der Waals surface area contributed by atoms with E-state index in [4.69, 9.17) is 0 Å². The molecule has 0 fully saturated rings. The Bertz CT molecular complexity index is 224. The molecule has 0 aromatic heterocycles. The third-order valence-corrected chi connectivity index (χ3v) is 2.56. The molecule has 1 aliphatic carbocycles. The monoisotopic (exact) mass is 291 g/mol. The number of hydrogen-bond donors (Lipinski definition) is 0. The van der Waals surface area contributed by atoms with Crippen molar-refractivity contribution in [1.29, 1.82) is 0 Å². The Morgan fingerprint density at radius 1 is 1.00 bits per heavy atom. The summed E-state index contributed by atoms with van der Waals surface area (Å²) in [5, 5.41) is 0. The van der Waals surface area contributed by atoms with Crippen LogP contribution < -0.4 is 0 Å². The zero-order valence-corrected chi connectivity index (χ0v) is 13.7. The predicted octanol–water partition coefficient (Wildman–Crippen LogP) is 4.43. The molecule has 0 nitrogen and oxygen atoms in total. The number of rotatable bonds is 0. The molecule has 0 aliphatic heterocycles. The fourth-order valence-electron chi connectivity index (χ4n) is 1.41. The molecule has 0 N–H and O–H groups in total. The van der Waals surface area contributed by atoms with E-state index in [1.165, 1.54) is 16.7 Å². The molecule has 0 spiro atoms. The van der Waals surface area contributed by atoms with Crippen LogP contribution in [-0.4, -0.2) is 0 Å². The van der Waals surface area contributed by atoms with Gasteiger partial charge in [-0.1, -0.05) is 33.1 Å². The van der Waals surface area contributed by atoms with Gasteiger partial charge in [0.05, 0.1) is 0 Å². The summed E-state index contributed by atoms with van der Waals surface area (Å²) in [6.07, 6.45) is 3.44. The first-order valence-corrected chi connectivity index (χ1v) is 3.75. The molecule has 0 unspecified atom stereocenters. The average molecular weight is 293 g/mol. The van der Waals surface area contributed by atoms with Crippen molar-refractivity contribution in [2.75, 3.05) is 0 Å². The first-order chi connectivity index (χ1) is 4.45. The van der Waals surface area contributed by atoms with Gasteiger partial charge in [0.15, 0.2) is 0 Å². The van der Waals surface area contributed by atoms with Gasteiger partial charge in [0.25, 0.3) is 0 Å². The first kappa shape index (κ1) is 24.1. The van der Waals surface area contributed by atoms with E-state index in [0.717, 1.165) is 0 Å². The van der Waals surface area contributed by atoms with Crippen molar-refractivity contribution in [1.82, 2.24) is 0 Å². The van der Waals surface area contributed by atoms with Gasteiger partial charge < -0.3 is 14.9 Å². The van der Waals surface area contributed by atoms with Gasteiger partial charge in [-0.05, 0) is 0 Å². The second-order valence-corrected chi connectivity index (χ2v) is 3.62. The summed E-state index contributed by atoms with van der Waals surface area (Å²) in [4.78, 5) is 0. The van der Waals surface area contributed by atoms with Gasteiger partial charge in [-0.15, -0.1) is 19.3 Å². The maximum atomic E-state index is 3.44. The summed E-state index contributed by atoms with van der Waals surface area (Å²) in [7, 11) is 0. The van der Waals surface area contributed by atoms with Crippen LogP contribution in [0.4, 0.5) is 0 Å². The molecule has 1 rings (SSSR count). The zero-order valence-electron chi connectivity index (χ0n) is 10.4. The minimum atomic E-state index is 0. The summed E-state index contributed by atoms with van der Waals surface area (Å²) in [5.41, 5.74) is 4.39. The number of allylic oxidation sites excluding steroid dienone is 4. The van der Waals surface area contributed by atoms with E-state index in [1.807, 2.05) is 0 Å². The topological polar surface area (TPSA) is 0 Å². The Balaban J connectivity index is -0.000000125. The van der Waals surface area contributed by atoms with Crippen LogP contribution in [0.3, 0.4) is 0 Å². The molecule has 0 atom stereocenters. The average Bonchev–Trinajstić information content (AvgIpc) is 1.95. The van der Waals surface area contributed by atoms with Crippen molar-refractivity contribution < 1.29 is 26.2 Å². The maximum absolute atomic E-state index is 3.44. The fourth-order valence-corrected chi connectivity index (χ4v) is 1.41. The SMILES string of the molecule is CC1=[C-]C(C)(C)C(C)=C1C.Cl.[CH3-].[CH3-].[Zr+3]. The second-order valence-electron chi connectivity index (χ2n) is 3.62. The Hall–Kier alpha value is 0.653.